The second kappa shape index (κ2) is 5.72. The van der Waals surface area contributed by atoms with E-state index in [-0.39, 0.29) is 0 Å². The lowest BCUT2D eigenvalue weighted by molar-refractivity contribution is 0.171. The number of methoxy groups -OCH3 is 1. The Hall–Kier alpha value is -1.38. The summed E-state index contributed by atoms with van der Waals surface area (Å²) in [5, 5.41) is 18.7. The van der Waals surface area contributed by atoms with E-state index in [0.717, 1.165) is 4.47 Å². The van der Waals surface area contributed by atoms with Crippen LogP contribution < -0.4 is 5.73 Å². The first-order valence-corrected chi connectivity index (χ1v) is 6.51. The van der Waals surface area contributed by atoms with E-state index in [1.54, 1.807) is 31.2 Å². The van der Waals surface area contributed by atoms with Crippen molar-refractivity contribution in [2.24, 2.45) is 7.05 Å². The summed E-state index contributed by atoms with van der Waals surface area (Å²) in [6, 6.07) is 0. The molecule has 0 bridgehead atoms. The number of hydrogen-bond donors (Lipinski definition) is 2. The van der Waals surface area contributed by atoms with Gasteiger partial charge in [0, 0.05) is 19.7 Å². The third-order valence-electron chi connectivity index (χ3n) is 2.91. The van der Waals surface area contributed by atoms with Gasteiger partial charge in [0.2, 0.25) is 0 Å². The van der Waals surface area contributed by atoms with E-state index in [1.165, 1.54) is 4.68 Å². The lowest BCUT2D eigenvalue weighted by Crippen LogP contribution is -2.14. The summed E-state index contributed by atoms with van der Waals surface area (Å²) in [4.78, 5) is 0. The third-order valence-corrected chi connectivity index (χ3v) is 3.52. The number of hydrogen-bond acceptors (Lipinski definition) is 5. The molecule has 2 heterocycles. The fourth-order valence-corrected chi connectivity index (χ4v) is 2.33. The molecule has 0 aliphatic carbocycles. The first kappa shape index (κ1) is 14.0. The smallest absolute Gasteiger partial charge is 0.127 e. The summed E-state index contributed by atoms with van der Waals surface area (Å²) in [6.45, 7) is 1.06. The van der Waals surface area contributed by atoms with E-state index >= 15 is 0 Å². The highest BCUT2D eigenvalue weighted by Gasteiger charge is 2.23. The number of nitrogens with zero attached hydrogens (tertiary/aromatic N) is 4. The number of nitrogen functional groups attached to an aromatic ring is 1. The molecule has 0 spiro atoms. The van der Waals surface area contributed by atoms with E-state index in [4.69, 9.17) is 10.5 Å². The van der Waals surface area contributed by atoms with Crippen molar-refractivity contribution in [1.82, 2.24) is 19.6 Å². The van der Waals surface area contributed by atoms with Crippen molar-refractivity contribution in [3.8, 4) is 0 Å². The molecule has 2 rings (SSSR count). The van der Waals surface area contributed by atoms with Crippen LogP contribution in [0.5, 0.6) is 0 Å². The number of aryl methyl sites for hydroxylation is 1. The first-order valence-electron chi connectivity index (χ1n) is 5.71. The van der Waals surface area contributed by atoms with Gasteiger partial charge in [-0.1, -0.05) is 0 Å². The van der Waals surface area contributed by atoms with Crippen molar-refractivity contribution in [2.45, 2.75) is 12.6 Å². The molecule has 0 saturated carbocycles. The van der Waals surface area contributed by atoms with Gasteiger partial charge in [0.25, 0.3) is 0 Å². The molecule has 1 unspecified atom stereocenters. The van der Waals surface area contributed by atoms with E-state index in [9.17, 15) is 5.11 Å². The predicted octanol–water partition coefficient (Wildman–Crippen LogP) is 0.689. The molecular weight excluding hydrogens is 314 g/mol. The van der Waals surface area contributed by atoms with Crippen molar-refractivity contribution in [3.05, 3.63) is 28.1 Å². The largest absolute Gasteiger partial charge is 0.384 e. The Kier molecular flexibility index (Phi) is 4.23. The van der Waals surface area contributed by atoms with Crippen LogP contribution in [-0.2, 0) is 18.3 Å². The summed E-state index contributed by atoms with van der Waals surface area (Å²) in [7, 11) is 3.34. The molecule has 0 fully saturated rings. The third kappa shape index (κ3) is 2.65. The number of aliphatic hydroxyl groups is 1. The molecule has 8 heteroatoms. The molecule has 2 aromatic heterocycles. The average Bonchev–Trinajstić information content (AvgIpc) is 2.91. The van der Waals surface area contributed by atoms with Crippen molar-refractivity contribution in [1.29, 1.82) is 0 Å². The highest BCUT2D eigenvalue weighted by atomic mass is 79.9. The summed E-state index contributed by atoms with van der Waals surface area (Å²) >= 11 is 3.39. The summed E-state index contributed by atoms with van der Waals surface area (Å²) in [5.74, 6) is 0.430. The van der Waals surface area contributed by atoms with Crippen molar-refractivity contribution < 1.29 is 9.84 Å². The van der Waals surface area contributed by atoms with Crippen LogP contribution >= 0.6 is 15.9 Å². The predicted molar refractivity (Wildman–Crippen MR) is 73.5 cm³/mol. The monoisotopic (exact) mass is 329 g/mol. The first-order chi connectivity index (χ1) is 9.06. The lowest BCUT2D eigenvalue weighted by atomic mass is 10.1. The Bertz CT molecular complexity index is 565. The summed E-state index contributed by atoms with van der Waals surface area (Å²) < 4.78 is 8.95. The van der Waals surface area contributed by atoms with Gasteiger partial charge in [0.15, 0.2) is 0 Å². The van der Waals surface area contributed by atoms with Crippen LogP contribution in [0, 0.1) is 0 Å². The van der Waals surface area contributed by atoms with Gasteiger partial charge in [0.1, 0.15) is 11.9 Å². The Morgan fingerprint density at radius 3 is 2.79 bits per heavy atom. The number of ether oxygens (including phenoxy) is 1. The molecule has 0 aliphatic heterocycles. The van der Waals surface area contributed by atoms with Gasteiger partial charge >= 0.3 is 0 Å². The molecule has 2 aromatic rings. The number of rotatable bonds is 5. The maximum absolute atomic E-state index is 10.5. The van der Waals surface area contributed by atoms with Gasteiger partial charge in [-0.2, -0.15) is 10.2 Å². The van der Waals surface area contributed by atoms with E-state index < -0.39 is 6.10 Å². The fourth-order valence-electron chi connectivity index (χ4n) is 1.82. The standard InChI is InChI=1S/C11H16BrN5O2/c1-16-11(13)7(5-14-16)10(18)9-8(12)6-15-17(9)3-4-19-2/h5-6,10,18H,3-4,13H2,1-2H3. The number of halogens is 1. The minimum atomic E-state index is -0.887. The van der Waals surface area contributed by atoms with Gasteiger partial charge in [-0.15, -0.1) is 0 Å². The molecule has 7 nitrogen and oxygen atoms in total. The lowest BCUT2D eigenvalue weighted by Gasteiger charge is -2.13. The summed E-state index contributed by atoms with van der Waals surface area (Å²) in [5.41, 5.74) is 7.07. The molecule has 0 amide bonds. The van der Waals surface area contributed by atoms with E-state index in [2.05, 4.69) is 26.1 Å². The Balaban J connectivity index is 2.35. The normalized spacial score (nSPS) is 12.8. The fraction of sp³-hybridized carbons (Fsp3) is 0.455. The maximum Gasteiger partial charge on any atom is 0.127 e. The minimum Gasteiger partial charge on any atom is -0.384 e. The van der Waals surface area contributed by atoms with Crippen LogP contribution in [0.15, 0.2) is 16.9 Å². The van der Waals surface area contributed by atoms with Gasteiger partial charge in [-0.25, -0.2) is 0 Å². The second-order valence-electron chi connectivity index (χ2n) is 4.10. The highest BCUT2D eigenvalue weighted by Crippen LogP contribution is 2.31. The zero-order valence-electron chi connectivity index (χ0n) is 10.7. The molecule has 0 saturated heterocycles. The molecule has 104 valence electrons. The van der Waals surface area contributed by atoms with Crippen LogP contribution in [0.3, 0.4) is 0 Å². The molecule has 3 N–H and O–H groups in total. The van der Waals surface area contributed by atoms with Crippen LogP contribution in [0.1, 0.15) is 17.4 Å². The molecule has 0 aromatic carbocycles. The van der Waals surface area contributed by atoms with Gasteiger partial charge in [-0.3, -0.25) is 9.36 Å². The Morgan fingerprint density at radius 1 is 1.47 bits per heavy atom. The summed E-state index contributed by atoms with van der Waals surface area (Å²) in [6.07, 6.45) is 2.31. The van der Waals surface area contributed by atoms with Crippen molar-refractivity contribution in [3.63, 3.8) is 0 Å². The highest BCUT2D eigenvalue weighted by molar-refractivity contribution is 9.10. The zero-order chi connectivity index (χ0) is 14.0. The van der Waals surface area contributed by atoms with E-state index in [0.29, 0.717) is 30.2 Å². The molecular formula is C11H16BrN5O2. The maximum atomic E-state index is 10.5. The van der Waals surface area contributed by atoms with E-state index in [1.807, 2.05) is 0 Å². The molecule has 0 aliphatic rings. The van der Waals surface area contributed by atoms with Gasteiger partial charge in [0.05, 0.1) is 35.7 Å². The minimum absolute atomic E-state index is 0.430. The van der Waals surface area contributed by atoms with Crippen molar-refractivity contribution in [2.75, 3.05) is 19.5 Å². The number of aromatic nitrogens is 4. The Morgan fingerprint density at radius 2 is 2.21 bits per heavy atom. The number of anilines is 1. The topological polar surface area (TPSA) is 91.1 Å². The van der Waals surface area contributed by atoms with Crippen molar-refractivity contribution >= 4 is 21.7 Å². The Labute approximate surface area is 119 Å². The van der Waals surface area contributed by atoms with Gasteiger partial charge in [-0.05, 0) is 15.9 Å². The zero-order valence-corrected chi connectivity index (χ0v) is 12.3. The van der Waals surface area contributed by atoms with Crippen LogP contribution in [0.2, 0.25) is 0 Å². The number of aliphatic hydroxyl groups excluding tert-OH is 1. The van der Waals surface area contributed by atoms with Gasteiger partial charge < -0.3 is 15.6 Å². The quantitative estimate of drug-likeness (QED) is 0.842. The number of nitrogens with two attached hydrogens (primary N) is 1. The molecule has 1 atom stereocenters. The SMILES string of the molecule is COCCn1ncc(Br)c1C(O)c1cnn(C)c1N. The van der Waals surface area contributed by atoms with Crippen LogP contribution in [0.4, 0.5) is 5.82 Å². The van der Waals surface area contributed by atoms with Crippen LogP contribution in [-0.4, -0.2) is 38.4 Å². The van der Waals surface area contributed by atoms with Crippen LogP contribution in [0.25, 0.3) is 0 Å². The molecule has 0 radical (unpaired) electrons. The molecule has 19 heavy (non-hydrogen) atoms. The average molecular weight is 330 g/mol. The second-order valence-corrected chi connectivity index (χ2v) is 4.96.